The Bertz CT molecular complexity index is 327. The van der Waals surface area contributed by atoms with Gasteiger partial charge in [-0.25, -0.2) is 4.79 Å². The van der Waals surface area contributed by atoms with E-state index in [1.807, 2.05) is 0 Å². The van der Waals surface area contributed by atoms with E-state index in [4.69, 9.17) is 9.84 Å². The van der Waals surface area contributed by atoms with Crippen molar-refractivity contribution in [3.63, 3.8) is 0 Å². The van der Waals surface area contributed by atoms with Crippen molar-refractivity contribution in [1.29, 1.82) is 0 Å². The van der Waals surface area contributed by atoms with Crippen LogP contribution < -0.4 is 0 Å². The van der Waals surface area contributed by atoms with E-state index in [1.54, 1.807) is 4.90 Å². The van der Waals surface area contributed by atoms with E-state index in [9.17, 15) is 9.59 Å². The molecular formula is C12H17NO4. The lowest BCUT2D eigenvalue weighted by atomic mass is 10.0. The number of rotatable bonds is 3. The Morgan fingerprint density at radius 2 is 1.94 bits per heavy atom. The zero-order chi connectivity index (χ0) is 12.4. The van der Waals surface area contributed by atoms with Gasteiger partial charge in [0.15, 0.2) is 0 Å². The van der Waals surface area contributed by atoms with Gasteiger partial charge in [-0.1, -0.05) is 12.7 Å². The second-order valence-corrected chi connectivity index (χ2v) is 4.80. The molecule has 0 aromatic rings. The van der Waals surface area contributed by atoms with Crippen molar-refractivity contribution >= 4 is 12.1 Å². The summed E-state index contributed by atoms with van der Waals surface area (Å²) in [5.74, 6) is -0.281. The highest BCUT2D eigenvalue weighted by Gasteiger charge is 2.44. The highest BCUT2D eigenvalue weighted by Crippen LogP contribution is 2.41. The fourth-order valence-corrected chi connectivity index (χ4v) is 2.87. The Labute approximate surface area is 100 Å². The van der Waals surface area contributed by atoms with E-state index in [0.717, 1.165) is 0 Å². The average Bonchev–Trinajstić information content (AvgIpc) is 2.82. The van der Waals surface area contributed by atoms with E-state index < -0.39 is 5.97 Å². The van der Waals surface area contributed by atoms with Gasteiger partial charge in [-0.2, -0.15) is 0 Å². The van der Waals surface area contributed by atoms with Crippen LogP contribution >= 0.6 is 0 Å². The lowest BCUT2D eigenvalue weighted by Gasteiger charge is -2.17. The second-order valence-electron chi connectivity index (χ2n) is 4.80. The predicted octanol–water partition coefficient (Wildman–Crippen LogP) is 1.35. The van der Waals surface area contributed by atoms with Gasteiger partial charge in [0.25, 0.3) is 0 Å². The van der Waals surface area contributed by atoms with Crippen molar-refractivity contribution in [2.75, 3.05) is 19.7 Å². The van der Waals surface area contributed by atoms with Crippen LogP contribution in [-0.2, 0) is 9.53 Å². The SMILES string of the molecule is C=CCOC(=O)N1C[C@H]2CC(C(=O)O)C[C@H]2C1. The summed E-state index contributed by atoms with van der Waals surface area (Å²) >= 11 is 0. The molecule has 1 N–H and O–H groups in total. The molecule has 1 unspecified atom stereocenters. The highest BCUT2D eigenvalue weighted by molar-refractivity contribution is 5.71. The quantitative estimate of drug-likeness (QED) is 0.755. The third-order valence-corrected chi connectivity index (χ3v) is 3.68. The van der Waals surface area contributed by atoms with Gasteiger partial charge in [0.2, 0.25) is 0 Å². The molecule has 1 amide bonds. The van der Waals surface area contributed by atoms with E-state index >= 15 is 0 Å². The number of carboxylic acid groups (broad SMARTS) is 1. The average molecular weight is 239 g/mol. The standard InChI is InChI=1S/C12H17NO4/c1-2-3-17-12(16)13-6-9-4-8(11(14)15)5-10(9)7-13/h2,8-10H,1,3-7H2,(H,14,15)/t8?,9-,10+. The van der Waals surface area contributed by atoms with Crippen LogP contribution in [-0.4, -0.2) is 41.8 Å². The van der Waals surface area contributed by atoms with Gasteiger partial charge < -0.3 is 14.7 Å². The van der Waals surface area contributed by atoms with Crippen LogP contribution in [0.15, 0.2) is 12.7 Å². The first-order valence-corrected chi connectivity index (χ1v) is 5.87. The van der Waals surface area contributed by atoms with Gasteiger partial charge in [0.1, 0.15) is 6.61 Å². The summed E-state index contributed by atoms with van der Waals surface area (Å²) in [6.45, 7) is 4.97. The third kappa shape index (κ3) is 2.43. The first-order valence-electron chi connectivity index (χ1n) is 5.87. The number of amides is 1. The minimum absolute atomic E-state index is 0.225. The molecule has 1 saturated heterocycles. The van der Waals surface area contributed by atoms with Gasteiger partial charge in [-0.05, 0) is 24.7 Å². The molecule has 2 fully saturated rings. The van der Waals surface area contributed by atoms with Crippen LogP contribution in [0.4, 0.5) is 4.79 Å². The van der Waals surface area contributed by atoms with Gasteiger partial charge in [-0.15, -0.1) is 0 Å². The van der Waals surface area contributed by atoms with Gasteiger partial charge >= 0.3 is 12.1 Å². The summed E-state index contributed by atoms with van der Waals surface area (Å²) in [5.41, 5.74) is 0. The monoisotopic (exact) mass is 239 g/mol. The lowest BCUT2D eigenvalue weighted by molar-refractivity contribution is -0.141. The van der Waals surface area contributed by atoms with Gasteiger partial charge in [0, 0.05) is 13.1 Å². The number of ether oxygens (including phenoxy) is 1. The number of aliphatic carboxylic acids is 1. The minimum Gasteiger partial charge on any atom is -0.481 e. The topological polar surface area (TPSA) is 66.8 Å². The number of likely N-dealkylation sites (tertiary alicyclic amines) is 1. The maximum Gasteiger partial charge on any atom is 0.410 e. The second kappa shape index (κ2) is 4.77. The van der Waals surface area contributed by atoms with Gasteiger partial charge in [-0.3, -0.25) is 4.79 Å². The zero-order valence-corrected chi connectivity index (χ0v) is 9.67. The molecule has 94 valence electrons. The van der Waals surface area contributed by atoms with E-state index in [-0.39, 0.29) is 18.6 Å². The predicted molar refractivity (Wildman–Crippen MR) is 60.5 cm³/mol. The van der Waals surface area contributed by atoms with Crippen LogP contribution in [0.25, 0.3) is 0 Å². The maximum absolute atomic E-state index is 11.6. The fourth-order valence-electron chi connectivity index (χ4n) is 2.87. The zero-order valence-electron chi connectivity index (χ0n) is 9.67. The van der Waals surface area contributed by atoms with Gasteiger partial charge in [0.05, 0.1) is 5.92 Å². The molecule has 17 heavy (non-hydrogen) atoms. The normalized spacial score (nSPS) is 31.1. The van der Waals surface area contributed by atoms with Crippen molar-refractivity contribution in [3.05, 3.63) is 12.7 Å². The molecule has 5 nitrogen and oxygen atoms in total. The van der Waals surface area contributed by atoms with Crippen molar-refractivity contribution in [3.8, 4) is 0 Å². The smallest absolute Gasteiger partial charge is 0.410 e. The van der Waals surface area contributed by atoms with Crippen LogP contribution in [0.1, 0.15) is 12.8 Å². The molecule has 0 spiro atoms. The molecule has 0 radical (unpaired) electrons. The van der Waals surface area contributed by atoms with Crippen molar-refractivity contribution < 1.29 is 19.4 Å². The Balaban J connectivity index is 1.85. The highest BCUT2D eigenvalue weighted by atomic mass is 16.6. The summed E-state index contributed by atoms with van der Waals surface area (Å²) in [6.07, 6.45) is 2.59. The van der Waals surface area contributed by atoms with Crippen molar-refractivity contribution in [2.45, 2.75) is 12.8 Å². The third-order valence-electron chi connectivity index (χ3n) is 3.68. The summed E-state index contributed by atoms with van der Waals surface area (Å²) in [4.78, 5) is 24.1. The number of hydrogen-bond donors (Lipinski definition) is 1. The number of hydrogen-bond acceptors (Lipinski definition) is 3. The van der Waals surface area contributed by atoms with Crippen LogP contribution in [0, 0.1) is 17.8 Å². The lowest BCUT2D eigenvalue weighted by Crippen LogP contribution is -2.31. The number of carbonyl (C=O) groups excluding carboxylic acids is 1. The Hall–Kier alpha value is -1.52. The van der Waals surface area contributed by atoms with E-state index in [0.29, 0.717) is 37.8 Å². The number of fused-ring (bicyclic) bond motifs is 1. The molecule has 5 heteroatoms. The molecule has 2 aliphatic rings. The summed E-state index contributed by atoms with van der Waals surface area (Å²) < 4.78 is 4.97. The molecular weight excluding hydrogens is 222 g/mol. The molecule has 1 heterocycles. The number of carboxylic acids is 1. The first kappa shape index (κ1) is 12.0. The summed E-state index contributed by atoms with van der Waals surface area (Å²) in [6, 6.07) is 0. The fraction of sp³-hybridized carbons (Fsp3) is 0.667. The van der Waals surface area contributed by atoms with Crippen LogP contribution in [0.5, 0.6) is 0 Å². The van der Waals surface area contributed by atoms with E-state index in [1.165, 1.54) is 6.08 Å². The van der Waals surface area contributed by atoms with E-state index in [2.05, 4.69) is 6.58 Å². The Kier molecular flexibility index (Phi) is 3.36. The van der Waals surface area contributed by atoms with Crippen LogP contribution in [0.2, 0.25) is 0 Å². The Morgan fingerprint density at radius 1 is 1.35 bits per heavy atom. The largest absolute Gasteiger partial charge is 0.481 e. The van der Waals surface area contributed by atoms with Crippen LogP contribution in [0.3, 0.4) is 0 Å². The molecule has 1 aliphatic heterocycles. The number of carbonyl (C=O) groups is 2. The first-order chi connectivity index (χ1) is 8.11. The molecule has 1 saturated carbocycles. The number of nitrogens with zero attached hydrogens (tertiary/aromatic N) is 1. The molecule has 0 bridgehead atoms. The Morgan fingerprint density at radius 3 is 2.41 bits per heavy atom. The summed E-state index contributed by atoms with van der Waals surface area (Å²) in [5, 5.41) is 8.94. The minimum atomic E-state index is -0.708. The molecule has 3 atom stereocenters. The molecule has 2 rings (SSSR count). The van der Waals surface area contributed by atoms with Crippen molar-refractivity contribution in [2.24, 2.45) is 17.8 Å². The maximum atomic E-state index is 11.6. The summed E-state index contributed by atoms with van der Waals surface area (Å²) in [7, 11) is 0. The molecule has 1 aliphatic carbocycles. The molecule has 0 aromatic carbocycles. The van der Waals surface area contributed by atoms with Crippen molar-refractivity contribution in [1.82, 2.24) is 4.90 Å². The molecule has 0 aromatic heterocycles.